The molecule has 0 fully saturated rings. The summed E-state index contributed by atoms with van der Waals surface area (Å²) in [5.74, 6) is -1.57. The van der Waals surface area contributed by atoms with Gasteiger partial charge >= 0.3 is 11.9 Å². The van der Waals surface area contributed by atoms with E-state index in [1.807, 2.05) is 0 Å². The Morgan fingerprint density at radius 1 is 0.929 bits per heavy atom. The number of halogens is 3. The Kier molecular flexibility index (Phi) is 4.55. The number of nitrogens with zero attached hydrogens (tertiary/aromatic N) is 2. The lowest BCUT2D eigenvalue weighted by Gasteiger charge is -2.10. The number of phenolic OH excluding ortho intramolecular Hbond substituents is 2. The van der Waals surface area contributed by atoms with Gasteiger partial charge in [-0.25, -0.2) is 0 Å². The lowest BCUT2D eigenvalue weighted by molar-refractivity contribution is -0.628. The molecule has 0 saturated carbocycles. The first kappa shape index (κ1) is 19.0. The van der Waals surface area contributed by atoms with Gasteiger partial charge in [0.1, 0.15) is 0 Å². The number of nitro benzene ring substituents is 1. The van der Waals surface area contributed by atoms with Crippen LogP contribution in [0.25, 0.3) is 22.3 Å². The highest BCUT2D eigenvalue weighted by atomic mass is 19.4. The summed E-state index contributed by atoms with van der Waals surface area (Å²) < 4.78 is 37.9. The van der Waals surface area contributed by atoms with Crippen LogP contribution in [-0.2, 0) is 6.18 Å². The summed E-state index contributed by atoms with van der Waals surface area (Å²) in [6, 6.07) is 10.1. The number of benzene rings is 2. The van der Waals surface area contributed by atoms with Crippen LogP contribution in [0.4, 0.5) is 18.9 Å². The van der Waals surface area contributed by atoms with Crippen molar-refractivity contribution >= 4 is 5.69 Å². The maximum Gasteiger partial charge on any atom is 0.478 e. The Morgan fingerprint density at radius 3 is 2.14 bits per heavy atom. The molecule has 0 unspecified atom stereocenters. The highest BCUT2D eigenvalue weighted by molar-refractivity contribution is 5.76. The van der Waals surface area contributed by atoms with Crippen LogP contribution in [0, 0.1) is 15.3 Å². The Balaban J connectivity index is 2.07. The molecule has 144 valence electrons. The van der Waals surface area contributed by atoms with Crippen molar-refractivity contribution in [3.63, 3.8) is 0 Å². The molecule has 1 aromatic heterocycles. The predicted octanol–water partition coefficient (Wildman–Crippen LogP) is 3.99. The van der Waals surface area contributed by atoms with Crippen molar-refractivity contribution < 1.29 is 33.0 Å². The zero-order valence-corrected chi connectivity index (χ0v) is 13.8. The van der Waals surface area contributed by atoms with Gasteiger partial charge in [-0.2, -0.15) is 17.9 Å². The second kappa shape index (κ2) is 6.72. The summed E-state index contributed by atoms with van der Waals surface area (Å²) in [6.07, 6.45) is -4.01. The average Bonchev–Trinajstić information content (AvgIpc) is 2.62. The maximum atomic E-state index is 12.7. The lowest BCUT2D eigenvalue weighted by atomic mass is 9.99. The van der Waals surface area contributed by atoms with Crippen molar-refractivity contribution in [1.82, 2.24) is 0 Å². The first-order chi connectivity index (χ1) is 13.1. The van der Waals surface area contributed by atoms with E-state index in [1.165, 1.54) is 12.1 Å². The number of aromatic nitrogens is 1. The van der Waals surface area contributed by atoms with E-state index < -0.39 is 34.0 Å². The Labute approximate surface area is 155 Å². The summed E-state index contributed by atoms with van der Waals surface area (Å²) in [4.78, 5) is 10.1. The van der Waals surface area contributed by atoms with Crippen LogP contribution in [0.5, 0.6) is 11.5 Å². The number of aromatic hydroxyl groups is 2. The first-order valence-electron chi connectivity index (χ1n) is 7.69. The van der Waals surface area contributed by atoms with E-state index in [4.69, 9.17) is 0 Å². The van der Waals surface area contributed by atoms with Gasteiger partial charge in [0.25, 0.3) is 5.69 Å². The Hall–Kier alpha value is -3.82. The monoisotopic (exact) mass is 392 g/mol. The molecule has 2 aromatic carbocycles. The summed E-state index contributed by atoms with van der Waals surface area (Å²) in [5.41, 5.74) is -0.897. The molecule has 0 atom stereocenters. The van der Waals surface area contributed by atoms with Gasteiger partial charge in [-0.3, -0.25) is 10.1 Å². The van der Waals surface area contributed by atoms with Gasteiger partial charge in [-0.05, 0) is 34.9 Å². The van der Waals surface area contributed by atoms with E-state index in [-0.39, 0.29) is 15.9 Å². The molecule has 1 heterocycles. The minimum absolute atomic E-state index is 0.197. The van der Waals surface area contributed by atoms with E-state index in [9.17, 15) is 38.7 Å². The number of phenols is 2. The third kappa shape index (κ3) is 3.52. The predicted molar refractivity (Wildman–Crippen MR) is 91.3 cm³/mol. The van der Waals surface area contributed by atoms with Crippen molar-refractivity contribution in [3.8, 4) is 33.8 Å². The van der Waals surface area contributed by atoms with Crippen LogP contribution < -0.4 is 4.73 Å². The lowest BCUT2D eigenvalue weighted by Crippen LogP contribution is -2.36. The first-order valence-corrected chi connectivity index (χ1v) is 7.69. The van der Waals surface area contributed by atoms with Crippen LogP contribution in [0.15, 0.2) is 54.7 Å². The zero-order chi connectivity index (χ0) is 20.6. The normalized spacial score (nSPS) is 11.4. The van der Waals surface area contributed by atoms with E-state index in [0.717, 1.165) is 24.4 Å². The highest BCUT2D eigenvalue weighted by Gasteiger charge is 2.39. The number of nitro groups is 1. The summed E-state index contributed by atoms with van der Waals surface area (Å²) in [6.45, 7) is 0. The topological polar surface area (TPSA) is 111 Å². The number of pyridine rings is 1. The van der Waals surface area contributed by atoms with E-state index in [0.29, 0.717) is 17.2 Å². The standard InChI is InChI=1S/C18H11F3N2O5/c19-18(20,21)16-5-4-12(9-22(16)26)10-2-1-3-11(6-10)13-7-14(23(27)28)17(25)15(24)8-13/h1-9,24-25H. The van der Waals surface area contributed by atoms with Gasteiger partial charge in [0.05, 0.1) is 4.92 Å². The summed E-state index contributed by atoms with van der Waals surface area (Å²) in [7, 11) is 0. The van der Waals surface area contributed by atoms with Crippen LogP contribution in [0.1, 0.15) is 5.69 Å². The molecule has 3 aromatic rings. The molecule has 0 saturated heterocycles. The maximum absolute atomic E-state index is 12.7. The fourth-order valence-electron chi connectivity index (χ4n) is 2.66. The third-order valence-corrected chi connectivity index (χ3v) is 4.00. The van der Waals surface area contributed by atoms with Crippen molar-refractivity contribution in [1.29, 1.82) is 0 Å². The van der Waals surface area contributed by atoms with Crippen molar-refractivity contribution in [3.05, 3.63) is 75.7 Å². The van der Waals surface area contributed by atoms with Gasteiger partial charge < -0.3 is 15.4 Å². The van der Waals surface area contributed by atoms with E-state index in [2.05, 4.69) is 0 Å². The summed E-state index contributed by atoms with van der Waals surface area (Å²) in [5, 5.41) is 42.0. The van der Waals surface area contributed by atoms with Gasteiger partial charge in [0.2, 0.25) is 5.75 Å². The van der Waals surface area contributed by atoms with Crippen LogP contribution in [0.2, 0.25) is 0 Å². The second-order valence-corrected chi connectivity index (χ2v) is 5.83. The molecule has 2 N–H and O–H groups in total. The fraction of sp³-hybridized carbons (Fsp3) is 0.0556. The number of hydrogen-bond donors (Lipinski definition) is 2. The van der Waals surface area contributed by atoms with Crippen LogP contribution in [0.3, 0.4) is 0 Å². The van der Waals surface area contributed by atoms with Crippen molar-refractivity contribution in [2.45, 2.75) is 6.18 Å². The second-order valence-electron chi connectivity index (χ2n) is 5.83. The molecule has 0 bridgehead atoms. The fourth-order valence-corrected chi connectivity index (χ4v) is 2.66. The zero-order valence-electron chi connectivity index (χ0n) is 13.8. The molecular formula is C18H11F3N2O5. The Bertz CT molecular complexity index is 1080. The number of hydrogen-bond acceptors (Lipinski definition) is 5. The van der Waals surface area contributed by atoms with Crippen molar-refractivity contribution in [2.24, 2.45) is 0 Å². The Morgan fingerprint density at radius 2 is 1.57 bits per heavy atom. The molecule has 0 radical (unpaired) electrons. The van der Waals surface area contributed by atoms with Crippen molar-refractivity contribution in [2.75, 3.05) is 0 Å². The van der Waals surface area contributed by atoms with E-state index in [1.54, 1.807) is 12.1 Å². The minimum Gasteiger partial charge on any atom is -0.618 e. The molecule has 28 heavy (non-hydrogen) atoms. The molecule has 0 amide bonds. The molecule has 0 aliphatic rings. The number of rotatable bonds is 3. The molecule has 0 spiro atoms. The molecular weight excluding hydrogens is 381 g/mol. The molecule has 10 heteroatoms. The minimum atomic E-state index is -4.79. The third-order valence-electron chi connectivity index (χ3n) is 4.00. The highest BCUT2D eigenvalue weighted by Crippen LogP contribution is 2.40. The largest absolute Gasteiger partial charge is 0.618 e. The quantitative estimate of drug-likeness (QED) is 0.230. The SMILES string of the molecule is O=[N+]([O-])c1cc(-c2cccc(-c3ccc(C(F)(F)F)[n+]([O-])c3)c2)cc(O)c1O. The van der Waals surface area contributed by atoms with Gasteiger partial charge in [0, 0.05) is 17.7 Å². The molecule has 0 aliphatic carbocycles. The van der Waals surface area contributed by atoms with Crippen LogP contribution in [-0.4, -0.2) is 15.1 Å². The summed E-state index contributed by atoms with van der Waals surface area (Å²) >= 11 is 0. The van der Waals surface area contributed by atoms with Gasteiger partial charge in [-0.1, -0.05) is 18.2 Å². The van der Waals surface area contributed by atoms with Crippen LogP contribution >= 0.6 is 0 Å². The molecule has 3 rings (SSSR count). The smallest absolute Gasteiger partial charge is 0.478 e. The van der Waals surface area contributed by atoms with Gasteiger partial charge in [-0.15, -0.1) is 0 Å². The van der Waals surface area contributed by atoms with Gasteiger partial charge in [0.15, 0.2) is 11.9 Å². The molecule has 7 nitrogen and oxygen atoms in total. The van der Waals surface area contributed by atoms with E-state index >= 15 is 0 Å². The number of alkyl halides is 3. The average molecular weight is 392 g/mol. The molecule has 0 aliphatic heterocycles.